The van der Waals surface area contributed by atoms with Gasteiger partial charge >= 0.3 is 0 Å². The molecule has 0 saturated carbocycles. The Hall–Kier alpha value is -1.27. The Morgan fingerprint density at radius 2 is 2.64 bits per heavy atom. The molecule has 0 aliphatic carbocycles. The van der Waals surface area contributed by atoms with Crippen LogP contribution in [0.15, 0.2) is 12.5 Å². The van der Waals surface area contributed by atoms with E-state index in [2.05, 4.69) is 20.8 Å². The van der Waals surface area contributed by atoms with E-state index >= 15 is 0 Å². The quantitative estimate of drug-likeness (QED) is 0.727. The first-order chi connectivity index (χ1) is 6.92. The van der Waals surface area contributed by atoms with Gasteiger partial charge in [-0.15, -0.1) is 12.3 Å². The minimum atomic E-state index is 0.482. The first-order valence-corrected chi connectivity index (χ1v) is 5.08. The maximum atomic E-state index is 5.25. The molecule has 0 spiro atoms. The van der Waals surface area contributed by atoms with Gasteiger partial charge in [0.15, 0.2) is 0 Å². The molecular formula is C11H15N3. The summed E-state index contributed by atoms with van der Waals surface area (Å²) in [5.74, 6) is 2.65. The van der Waals surface area contributed by atoms with Gasteiger partial charge in [0.1, 0.15) is 0 Å². The lowest BCUT2D eigenvalue weighted by Gasteiger charge is -2.12. The smallest absolute Gasteiger partial charge is 0.0948 e. The lowest BCUT2D eigenvalue weighted by molar-refractivity contribution is 0.568. The topological polar surface area (TPSA) is 29.9 Å². The fourth-order valence-corrected chi connectivity index (χ4v) is 1.93. The predicted octanol–water partition coefficient (Wildman–Crippen LogP) is 1.33. The van der Waals surface area contributed by atoms with Gasteiger partial charge in [-0.05, 0) is 19.4 Å². The largest absolute Gasteiger partial charge is 0.332 e. The number of imidazole rings is 1. The molecule has 1 unspecified atom stereocenters. The minimum Gasteiger partial charge on any atom is -0.332 e. The normalized spacial score (nSPS) is 20.9. The van der Waals surface area contributed by atoms with E-state index in [0.717, 1.165) is 19.5 Å². The SMILES string of the molecule is C#CCCn1cncc1C1CCCN1. The molecule has 0 bridgehead atoms. The van der Waals surface area contributed by atoms with Crippen molar-refractivity contribution in [3.05, 3.63) is 18.2 Å². The van der Waals surface area contributed by atoms with E-state index in [1.165, 1.54) is 18.5 Å². The van der Waals surface area contributed by atoms with E-state index in [1.54, 1.807) is 0 Å². The van der Waals surface area contributed by atoms with Gasteiger partial charge in [-0.1, -0.05) is 0 Å². The average Bonchev–Trinajstić information content (AvgIpc) is 2.84. The monoisotopic (exact) mass is 189 g/mol. The Labute approximate surface area is 84.5 Å². The Morgan fingerprint density at radius 1 is 1.71 bits per heavy atom. The van der Waals surface area contributed by atoms with Gasteiger partial charge in [0.05, 0.1) is 12.0 Å². The van der Waals surface area contributed by atoms with E-state index in [-0.39, 0.29) is 0 Å². The first kappa shape index (κ1) is 9.29. The maximum Gasteiger partial charge on any atom is 0.0948 e. The van der Waals surface area contributed by atoms with Gasteiger partial charge < -0.3 is 9.88 Å². The van der Waals surface area contributed by atoms with Crippen molar-refractivity contribution in [1.29, 1.82) is 0 Å². The molecule has 74 valence electrons. The molecule has 1 aromatic rings. The molecular weight excluding hydrogens is 174 g/mol. The summed E-state index contributed by atoms with van der Waals surface area (Å²) in [6.45, 7) is 2.00. The Kier molecular flexibility index (Phi) is 2.85. The van der Waals surface area contributed by atoms with Gasteiger partial charge in [-0.2, -0.15) is 0 Å². The van der Waals surface area contributed by atoms with Crippen molar-refractivity contribution in [1.82, 2.24) is 14.9 Å². The van der Waals surface area contributed by atoms with Crippen molar-refractivity contribution in [2.75, 3.05) is 6.54 Å². The van der Waals surface area contributed by atoms with E-state index in [9.17, 15) is 0 Å². The van der Waals surface area contributed by atoms with Crippen LogP contribution in [0, 0.1) is 12.3 Å². The minimum absolute atomic E-state index is 0.482. The van der Waals surface area contributed by atoms with Gasteiger partial charge in [0, 0.05) is 25.2 Å². The summed E-state index contributed by atoms with van der Waals surface area (Å²) >= 11 is 0. The first-order valence-electron chi connectivity index (χ1n) is 5.08. The van der Waals surface area contributed by atoms with E-state index in [4.69, 9.17) is 6.42 Å². The number of hydrogen-bond donors (Lipinski definition) is 1. The van der Waals surface area contributed by atoms with E-state index in [0.29, 0.717) is 6.04 Å². The van der Waals surface area contributed by atoms with Crippen molar-refractivity contribution >= 4 is 0 Å². The third-order valence-corrected chi connectivity index (χ3v) is 2.66. The highest BCUT2D eigenvalue weighted by atomic mass is 15.1. The zero-order chi connectivity index (χ0) is 9.80. The highest BCUT2D eigenvalue weighted by molar-refractivity contribution is 5.07. The van der Waals surface area contributed by atoms with Crippen LogP contribution in [0.1, 0.15) is 31.0 Å². The zero-order valence-electron chi connectivity index (χ0n) is 8.24. The number of aromatic nitrogens is 2. The summed E-state index contributed by atoms with van der Waals surface area (Å²) in [6.07, 6.45) is 12.3. The van der Waals surface area contributed by atoms with Crippen LogP contribution in [0.4, 0.5) is 0 Å². The molecule has 1 aliphatic heterocycles. The maximum absolute atomic E-state index is 5.25. The molecule has 3 nitrogen and oxygen atoms in total. The molecule has 0 amide bonds. The summed E-state index contributed by atoms with van der Waals surface area (Å²) in [6, 6.07) is 0.482. The molecule has 3 heteroatoms. The van der Waals surface area contributed by atoms with E-state index in [1.807, 2.05) is 12.5 Å². The molecule has 14 heavy (non-hydrogen) atoms. The lowest BCUT2D eigenvalue weighted by atomic mass is 10.2. The fraction of sp³-hybridized carbons (Fsp3) is 0.545. The van der Waals surface area contributed by atoms with Crippen molar-refractivity contribution in [3.8, 4) is 12.3 Å². The van der Waals surface area contributed by atoms with Crippen LogP contribution in [0.5, 0.6) is 0 Å². The van der Waals surface area contributed by atoms with Crippen LogP contribution in [-0.2, 0) is 6.54 Å². The molecule has 1 saturated heterocycles. The number of rotatable bonds is 3. The molecule has 1 atom stereocenters. The molecule has 1 N–H and O–H groups in total. The molecule has 0 aromatic carbocycles. The van der Waals surface area contributed by atoms with Crippen molar-refractivity contribution in [3.63, 3.8) is 0 Å². The summed E-state index contributed by atoms with van der Waals surface area (Å²) in [5, 5.41) is 3.46. The molecule has 1 aliphatic rings. The molecule has 1 fully saturated rings. The molecule has 2 rings (SSSR count). The van der Waals surface area contributed by atoms with Crippen LogP contribution in [0.3, 0.4) is 0 Å². The number of hydrogen-bond acceptors (Lipinski definition) is 2. The van der Waals surface area contributed by atoms with Gasteiger partial charge in [0.25, 0.3) is 0 Å². The van der Waals surface area contributed by atoms with Crippen LogP contribution in [0.25, 0.3) is 0 Å². The Morgan fingerprint density at radius 3 is 3.36 bits per heavy atom. The summed E-state index contributed by atoms with van der Waals surface area (Å²) in [5.41, 5.74) is 1.28. The van der Waals surface area contributed by atoms with Gasteiger partial charge in [-0.3, -0.25) is 0 Å². The van der Waals surface area contributed by atoms with Gasteiger partial charge in [-0.25, -0.2) is 4.98 Å². The third kappa shape index (κ3) is 1.80. The van der Waals surface area contributed by atoms with E-state index < -0.39 is 0 Å². The Bertz CT molecular complexity index is 329. The second-order valence-corrected chi connectivity index (χ2v) is 3.61. The fourth-order valence-electron chi connectivity index (χ4n) is 1.93. The average molecular weight is 189 g/mol. The van der Waals surface area contributed by atoms with Crippen LogP contribution >= 0.6 is 0 Å². The molecule has 1 aromatic heterocycles. The highest BCUT2D eigenvalue weighted by Crippen LogP contribution is 2.22. The van der Waals surface area contributed by atoms with Crippen LogP contribution < -0.4 is 5.32 Å². The summed E-state index contributed by atoms with van der Waals surface area (Å²) in [7, 11) is 0. The highest BCUT2D eigenvalue weighted by Gasteiger charge is 2.19. The van der Waals surface area contributed by atoms with Crippen molar-refractivity contribution < 1.29 is 0 Å². The lowest BCUT2D eigenvalue weighted by Crippen LogP contribution is -2.16. The zero-order valence-corrected chi connectivity index (χ0v) is 8.24. The predicted molar refractivity (Wildman–Crippen MR) is 55.7 cm³/mol. The number of nitrogens with zero attached hydrogens (tertiary/aromatic N) is 2. The van der Waals surface area contributed by atoms with Crippen molar-refractivity contribution in [2.24, 2.45) is 0 Å². The Balaban J connectivity index is 2.08. The number of aryl methyl sites for hydroxylation is 1. The molecule has 2 heterocycles. The van der Waals surface area contributed by atoms with Crippen LogP contribution in [0.2, 0.25) is 0 Å². The van der Waals surface area contributed by atoms with Gasteiger partial charge in [0.2, 0.25) is 0 Å². The third-order valence-electron chi connectivity index (χ3n) is 2.66. The van der Waals surface area contributed by atoms with Crippen LogP contribution in [-0.4, -0.2) is 16.1 Å². The standard InChI is InChI=1S/C11H15N3/c1-2-3-7-14-9-12-8-11(14)10-5-4-6-13-10/h1,8-10,13H,3-7H2. The number of terminal acetylenes is 1. The molecule has 0 radical (unpaired) electrons. The summed E-state index contributed by atoms with van der Waals surface area (Å²) in [4.78, 5) is 4.17. The summed E-state index contributed by atoms with van der Waals surface area (Å²) < 4.78 is 2.16. The van der Waals surface area contributed by atoms with Crippen molar-refractivity contribution in [2.45, 2.75) is 31.8 Å². The number of nitrogens with one attached hydrogen (secondary N) is 1. The second-order valence-electron chi connectivity index (χ2n) is 3.61. The second kappa shape index (κ2) is 4.30.